The smallest absolute Gasteiger partial charge is 0.339 e. The van der Waals surface area contributed by atoms with Crippen molar-refractivity contribution in [3.8, 4) is 0 Å². The Hall–Kier alpha value is -1.23. The number of nitrogens with two attached hydrogens (primary N) is 1. The van der Waals surface area contributed by atoms with E-state index in [0.29, 0.717) is 10.1 Å². The third-order valence-corrected chi connectivity index (χ3v) is 4.36. The van der Waals surface area contributed by atoms with Crippen molar-refractivity contribution in [2.24, 2.45) is 0 Å². The quantitative estimate of drug-likeness (QED) is 0.814. The van der Waals surface area contributed by atoms with E-state index in [2.05, 4.69) is 0 Å². The van der Waals surface area contributed by atoms with Crippen LogP contribution in [0.2, 0.25) is 0 Å². The molecule has 1 fully saturated rings. The fourth-order valence-electron chi connectivity index (χ4n) is 2.08. The summed E-state index contributed by atoms with van der Waals surface area (Å²) >= 11 is 1.50. The fraction of sp³-hybridized carbons (Fsp3) is 0.417. The lowest BCUT2D eigenvalue weighted by atomic mass is 10.2. The van der Waals surface area contributed by atoms with Crippen molar-refractivity contribution >= 4 is 23.4 Å². The summed E-state index contributed by atoms with van der Waals surface area (Å²) in [5.74, 6) is -1.83. The molecule has 1 aliphatic rings. The molecule has 17 heavy (non-hydrogen) atoms. The zero-order valence-corrected chi connectivity index (χ0v) is 10.1. The van der Waals surface area contributed by atoms with Crippen LogP contribution in [0.5, 0.6) is 0 Å². The number of thioether (sulfide) groups is 1. The molecule has 1 saturated carbocycles. The van der Waals surface area contributed by atoms with E-state index < -0.39 is 11.8 Å². The average molecular weight is 255 g/mol. The van der Waals surface area contributed by atoms with Gasteiger partial charge in [-0.2, -0.15) is 0 Å². The molecular formula is C12H14FNO2S. The van der Waals surface area contributed by atoms with E-state index in [1.54, 1.807) is 0 Å². The fourth-order valence-corrected chi connectivity index (χ4v) is 3.47. The van der Waals surface area contributed by atoms with Gasteiger partial charge in [0.05, 0.1) is 11.3 Å². The van der Waals surface area contributed by atoms with Crippen LogP contribution in [0.3, 0.4) is 0 Å². The number of hydrogen-bond donors (Lipinski definition) is 2. The van der Waals surface area contributed by atoms with Gasteiger partial charge in [0.15, 0.2) is 0 Å². The Morgan fingerprint density at radius 2 is 2.06 bits per heavy atom. The summed E-state index contributed by atoms with van der Waals surface area (Å²) < 4.78 is 13.2. The van der Waals surface area contributed by atoms with Crippen LogP contribution >= 0.6 is 11.8 Å². The summed E-state index contributed by atoms with van der Waals surface area (Å²) in [7, 11) is 0. The zero-order chi connectivity index (χ0) is 12.4. The van der Waals surface area contributed by atoms with Gasteiger partial charge in [-0.1, -0.05) is 12.8 Å². The SMILES string of the molecule is Nc1c(F)ccc(SC2CCCC2)c1C(=O)O. The number of benzene rings is 1. The van der Waals surface area contributed by atoms with Crippen LogP contribution in [0.4, 0.5) is 10.1 Å². The van der Waals surface area contributed by atoms with Crippen LogP contribution in [0, 0.1) is 5.82 Å². The first-order valence-corrected chi connectivity index (χ1v) is 6.45. The predicted octanol–water partition coefficient (Wildman–Crippen LogP) is 3.14. The molecular weight excluding hydrogens is 241 g/mol. The van der Waals surface area contributed by atoms with E-state index in [1.807, 2.05) is 0 Å². The molecule has 0 bridgehead atoms. The van der Waals surface area contributed by atoms with Crippen LogP contribution < -0.4 is 5.73 Å². The first-order valence-electron chi connectivity index (χ1n) is 5.57. The highest BCUT2D eigenvalue weighted by molar-refractivity contribution is 8.00. The van der Waals surface area contributed by atoms with Gasteiger partial charge in [-0.25, -0.2) is 9.18 Å². The largest absolute Gasteiger partial charge is 0.478 e. The maximum Gasteiger partial charge on any atom is 0.339 e. The Bertz CT molecular complexity index is 444. The number of carbonyl (C=O) groups is 1. The molecule has 1 aliphatic carbocycles. The molecule has 0 amide bonds. The monoisotopic (exact) mass is 255 g/mol. The summed E-state index contributed by atoms with van der Waals surface area (Å²) in [5.41, 5.74) is 5.13. The third kappa shape index (κ3) is 2.54. The standard InChI is InChI=1S/C12H14FNO2S/c13-8-5-6-9(10(11(8)14)12(15)16)17-7-3-1-2-4-7/h5-7H,1-4,14H2,(H,15,16). The Balaban J connectivity index is 2.32. The van der Waals surface area contributed by atoms with Gasteiger partial charge in [0, 0.05) is 10.1 Å². The molecule has 0 saturated heterocycles. The van der Waals surface area contributed by atoms with E-state index in [1.165, 1.54) is 36.7 Å². The number of hydrogen-bond acceptors (Lipinski definition) is 3. The average Bonchev–Trinajstić information content (AvgIpc) is 2.76. The van der Waals surface area contributed by atoms with Crippen molar-refractivity contribution < 1.29 is 14.3 Å². The minimum atomic E-state index is -1.16. The maximum atomic E-state index is 13.2. The second kappa shape index (κ2) is 4.96. The number of aromatic carboxylic acids is 1. The van der Waals surface area contributed by atoms with Crippen molar-refractivity contribution in [1.82, 2.24) is 0 Å². The molecule has 1 aromatic carbocycles. The van der Waals surface area contributed by atoms with Gasteiger partial charge in [-0.3, -0.25) is 0 Å². The number of anilines is 1. The predicted molar refractivity (Wildman–Crippen MR) is 65.9 cm³/mol. The third-order valence-electron chi connectivity index (χ3n) is 2.96. The normalized spacial score (nSPS) is 16.3. The summed E-state index contributed by atoms with van der Waals surface area (Å²) in [6, 6.07) is 2.75. The molecule has 0 atom stereocenters. The first kappa shape index (κ1) is 12.2. The molecule has 92 valence electrons. The van der Waals surface area contributed by atoms with Crippen LogP contribution in [0.1, 0.15) is 36.0 Å². The van der Waals surface area contributed by atoms with Gasteiger partial charge in [-0.05, 0) is 25.0 Å². The van der Waals surface area contributed by atoms with Gasteiger partial charge < -0.3 is 10.8 Å². The van der Waals surface area contributed by atoms with Crippen LogP contribution in [0.25, 0.3) is 0 Å². The van der Waals surface area contributed by atoms with Crippen LogP contribution in [-0.4, -0.2) is 16.3 Å². The number of halogens is 1. The van der Waals surface area contributed by atoms with Gasteiger partial charge in [0.25, 0.3) is 0 Å². The van der Waals surface area contributed by atoms with Crippen LogP contribution in [-0.2, 0) is 0 Å². The maximum absolute atomic E-state index is 13.2. The Morgan fingerprint density at radius 1 is 1.41 bits per heavy atom. The summed E-state index contributed by atoms with van der Waals surface area (Å²) in [5, 5.41) is 9.51. The molecule has 3 nitrogen and oxygen atoms in total. The lowest BCUT2D eigenvalue weighted by Gasteiger charge is -2.13. The lowest BCUT2D eigenvalue weighted by molar-refractivity contribution is 0.0694. The van der Waals surface area contributed by atoms with E-state index in [-0.39, 0.29) is 11.3 Å². The Morgan fingerprint density at radius 3 is 2.65 bits per heavy atom. The van der Waals surface area contributed by atoms with Gasteiger partial charge in [0.2, 0.25) is 0 Å². The second-order valence-corrected chi connectivity index (χ2v) is 5.51. The van der Waals surface area contributed by atoms with E-state index in [0.717, 1.165) is 12.8 Å². The van der Waals surface area contributed by atoms with Crippen molar-refractivity contribution in [3.05, 3.63) is 23.5 Å². The molecule has 0 spiro atoms. The van der Waals surface area contributed by atoms with Gasteiger partial charge in [-0.15, -0.1) is 11.8 Å². The van der Waals surface area contributed by atoms with Crippen molar-refractivity contribution in [1.29, 1.82) is 0 Å². The molecule has 1 aromatic rings. The summed E-state index contributed by atoms with van der Waals surface area (Å²) in [6.45, 7) is 0. The molecule has 3 N–H and O–H groups in total. The zero-order valence-electron chi connectivity index (χ0n) is 9.28. The van der Waals surface area contributed by atoms with Gasteiger partial charge in [0.1, 0.15) is 5.82 Å². The van der Waals surface area contributed by atoms with E-state index in [9.17, 15) is 9.18 Å². The minimum Gasteiger partial charge on any atom is -0.478 e. The number of carboxylic acids is 1. The molecule has 0 unspecified atom stereocenters. The first-order chi connectivity index (χ1) is 8.09. The summed E-state index contributed by atoms with van der Waals surface area (Å²) in [6.07, 6.45) is 4.52. The second-order valence-electron chi connectivity index (χ2n) is 4.16. The van der Waals surface area contributed by atoms with Crippen molar-refractivity contribution in [2.45, 2.75) is 35.8 Å². The van der Waals surface area contributed by atoms with E-state index >= 15 is 0 Å². The topological polar surface area (TPSA) is 63.3 Å². The van der Waals surface area contributed by atoms with Crippen molar-refractivity contribution in [2.75, 3.05) is 5.73 Å². The van der Waals surface area contributed by atoms with Gasteiger partial charge >= 0.3 is 5.97 Å². The molecule has 0 heterocycles. The number of rotatable bonds is 3. The minimum absolute atomic E-state index is 0.0955. The lowest BCUT2D eigenvalue weighted by Crippen LogP contribution is -2.08. The molecule has 0 aliphatic heterocycles. The highest BCUT2D eigenvalue weighted by atomic mass is 32.2. The molecule has 0 radical (unpaired) electrons. The molecule has 2 rings (SSSR count). The number of nitrogen functional groups attached to an aromatic ring is 1. The highest BCUT2D eigenvalue weighted by Crippen LogP contribution is 2.38. The highest BCUT2D eigenvalue weighted by Gasteiger charge is 2.22. The Labute approximate surface area is 103 Å². The Kier molecular flexibility index (Phi) is 3.57. The van der Waals surface area contributed by atoms with E-state index in [4.69, 9.17) is 10.8 Å². The van der Waals surface area contributed by atoms with Crippen LogP contribution in [0.15, 0.2) is 17.0 Å². The summed E-state index contributed by atoms with van der Waals surface area (Å²) in [4.78, 5) is 11.7. The molecule has 0 aromatic heterocycles. The molecule has 5 heteroatoms. The van der Waals surface area contributed by atoms with Crippen molar-refractivity contribution in [3.63, 3.8) is 0 Å². The number of carboxylic acid groups (broad SMARTS) is 1.